The van der Waals surface area contributed by atoms with E-state index in [-0.39, 0.29) is 16.2 Å². The molecule has 6 aromatic heterocycles. The monoisotopic (exact) mass is 1690 g/mol. The number of hydrogen-bond acceptors (Lipinski definition) is 9. The molecule has 26 rings (SSSR count). The fourth-order valence-corrected chi connectivity index (χ4v) is 20.7. The van der Waals surface area contributed by atoms with E-state index in [1.807, 2.05) is 66.7 Å². The summed E-state index contributed by atoms with van der Waals surface area (Å²) in [7, 11) is 0. The first-order valence-corrected chi connectivity index (χ1v) is 45.2. The highest BCUT2D eigenvalue weighted by Gasteiger charge is 2.43. The minimum atomic E-state index is -0.246. The number of benzene rings is 17. The topological polar surface area (TPSA) is 117 Å². The number of aromatic nitrogens is 6. The lowest BCUT2D eigenvalue weighted by molar-refractivity contribution is 0.657. The van der Waals surface area contributed by atoms with Crippen LogP contribution in [-0.4, -0.2) is 29.9 Å². The van der Waals surface area contributed by atoms with Crippen LogP contribution in [0.15, 0.2) is 426 Å². The quantitative estimate of drug-likeness (QED) is 0.125. The molecule has 0 saturated carbocycles. The molecule has 3 aliphatic carbocycles. The predicted molar refractivity (Wildman–Crippen MR) is 540 cm³/mol. The predicted octanol–water partition coefficient (Wildman–Crippen LogP) is 32.4. The Balaban J connectivity index is 0.000000110. The van der Waals surface area contributed by atoms with Gasteiger partial charge in [0.05, 0.1) is 34.2 Å². The molecule has 9 heteroatoms. The Kier molecular flexibility index (Phi) is 18.8. The fraction of sp³-hybridized carbons (Fsp3) is 0.0732. The van der Waals surface area contributed by atoms with Crippen molar-refractivity contribution in [3.05, 3.63) is 446 Å². The molecular weight excluding hydrogens is 1610 g/mol. The average molecular weight is 1700 g/mol. The van der Waals surface area contributed by atoms with Crippen LogP contribution in [0.3, 0.4) is 0 Å². The second-order valence-corrected chi connectivity index (χ2v) is 36.2. The Labute approximate surface area is 764 Å². The molecule has 6 heterocycles. The Bertz CT molecular complexity index is 8500. The Morgan fingerprint density at radius 1 is 0.167 bits per heavy atom. The molecule has 0 unspecified atom stereocenters. The molecule has 17 aromatic carbocycles. The Morgan fingerprint density at radius 3 is 0.758 bits per heavy atom. The Hall–Kier alpha value is -16.6. The zero-order valence-electron chi connectivity index (χ0n) is 73.7. The molecule has 132 heavy (non-hydrogen) atoms. The molecule has 0 N–H and O–H groups in total. The summed E-state index contributed by atoms with van der Waals surface area (Å²) in [6.45, 7) is 13.7. The first-order chi connectivity index (χ1) is 64.7. The standard InChI is InChI=1S/2C43H30N2O.C37H26N2O/c1-43(2)36-20-8-6-17-35(36)40-38(43)39(44-42(45-40)31-15-10-14-30(26-31)27-12-4-3-5-13-27)29-24-22-28(23-25-29)32-18-11-19-34-33-16-7-9-21-37(33)46-41(32)34;1-43(2)36-17-8-6-14-35(36)40-38(43)39(44-42(45-40)31-25-19-28(20-26-31)27-11-4-3-5-12-27)30-23-21-29(22-24-30)32-15-10-16-34-33-13-7-9-18-37(33)46-41(32)34;1-37(2)30-17-8-6-14-29(30)34-32(37)33(38-36(39-34)25-11-4-3-5-12-25)24-21-19-23(20-22-24)26-15-10-16-28-27-13-7-9-18-31(27)40-35(26)28/h2*3-26H,1-2H3;3-22H,1-2H3. The molecule has 0 fully saturated rings. The summed E-state index contributed by atoms with van der Waals surface area (Å²) in [5.74, 6) is 2.21. The van der Waals surface area contributed by atoms with Crippen molar-refractivity contribution >= 4 is 65.8 Å². The van der Waals surface area contributed by atoms with Gasteiger partial charge in [-0.2, -0.15) is 0 Å². The van der Waals surface area contributed by atoms with Crippen molar-refractivity contribution in [1.82, 2.24) is 29.9 Å². The number of rotatable bonds is 11. The fourth-order valence-electron chi connectivity index (χ4n) is 20.7. The molecule has 9 nitrogen and oxygen atoms in total. The van der Waals surface area contributed by atoms with Gasteiger partial charge in [-0.15, -0.1) is 0 Å². The van der Waals surface area contributed by atoms with Crippen LogP contribution in [0.25, 0.3) is 223 Å². The van der Waals surface area contributed by atoms with Gasteiger partial charge in [-0.3, -0.25) is 0 Å². The van der Waals surface area contributed by atoms with Crippen molar-refractivity contribution in [2.45, 2.75) is 57.8 Å². The zero-order chi connectivity index (χ0) is 88.5. The second kappa shape index (κ2) is 31.4. The van der Waals surface area contributed by atoms with E-state index in [4.69, 9.17) is 43.2 Å². The van der Waals surface area contributed by atoms with Gasteiger partial charge in [0.15, 0.2) is 17.5 Å². The van der Waals surface area contributed by atoms with Gasteiger partial charge in [-0.05, 0) is 79.9 Å². The Morgan fingerprint density at radius 2 is 0.394 bits per heavy atom. The molecule has 0 atom stereocenters. The molecule has 0 spiro atoms. The van der Waals surface area contributed by atoms with Crippen LogP contribution in [0.4, 0.5) is 0 Å². The van der Waals surface area contributed by atoms with Crippen LogP contribution in [-0.2, 0) is 16.2 Å². The van der Waals surface area contributed by atoms with E-state index in [0.717, 1.165) is 190 Å². The van der Waals surface area contributed by atoms with E-state index >= 15 is 0 Å². The summed E-state index contributed by atoms with van der Waals surface area (Å²) in [4.78, 5) is 31.5. The summed E-state index contributed by atoms with van der Waals surface area (Å²) in [6, 6.07) is 144. The highest BCUT2D eigenvalue weighted by Crippen LogP contribution is 2.56. The maximum atomic E-state index is 6.36. The zero-order valence-corrected chi connectivity index (χ0v) is 73.7. The van der Waals surface area contributed by atoms with E-state index in [0.29, 0.717) is 0 Å². The molecule has 0 aliphatic heterocycles. The molecule has 23 aromatic rings. The summed E-state index contributed by atoms with van der Waals surface area (Å²) < 4.78 is 19.0. The normalized spacial score (nSPS) is 13.3. The van der Waals surface area contributed by atoms with Crippen LogP contribution in [0.1, 0.15) is 74.9 Å². The lowest BCUT2D eigenvalue weighted by Gasteiger charge is -2.24. The van der Waals surface area contributed by atoms with Gasteiger partial charge >= 0.3 is 0 Å². The van der Waals surface area contributed by atoms with Crippen molar-refractivity contribution < 1.29 is 13.3 Å². The first-order valence-electron chi connectivity index (χ1n) is 45.2. The van der Waals surface area contributed by atoms with E-state index in [1.165, 1.54) is 66.8 Å². The number of furan rings is 3. The molecule has 0 saturated heterocycles. The van der Waals surface area contributed by atoms with Crippen LogP contribution in [0.5, 0.6) is 0 Å². The van der Waals surface area contributed by atoms with Crippen LogP contribution in [0.2, 0.25) is 0 Å². The third-order valence-electron chi connectivity index (χ3n) is 27.3. The largest absolute Gasteiger partial charge is 0.455 e. The van der Waals surface area contributed by atoms with Crippen molar-refractivity contribution in [3.63, 3.8) is 0 Å². The van der Waals surface area contributed by atoms with Crippen LogP contribution < -0.4 is 0 Å². The van der Waals surface area contributed by atoms with Gasteiger partial charge in [0.25, 0.3) is 0 Å². The molecule has 0 amide bonds. The van der Waals surface area contributed by atoms with Crippen molar-refractivity contribution in [1.29, 1.82) is 0 Å². The second-order valence-electron chi connectivity index (χ2n) is 36.2. The van der Waals surface area contributed by atoms with E-state index < -0.39 is 0 Å². The van der Waals surface area contributed by atoms with Gasteiger partial charge in [-0.1, -0.05) is 430 Å². The van der Waals surface area contributed by atoms with Crippen molar-refractivity contribution in [2.75, 3.05) is 0 Å². The molecule has 0 radical (unpaired) electrons. The van der Waals surface area contributed by atoms with Crippen molar-refractivity contribution in [2.24, 2.45) is 0 Å². The van der Waals surface area contributed by atoms with Crippen molar-refractivity contribution in [3.8, 4) is 157 Å². The van der Waals surface area contributed by atoms with Gasteiger partial charge in [0.2, 0.25) is 0 Å². The maximum Gasteiger partial charge on any atom is 0.160 e. The average Bonchev–Trinajstić information content (AvgIpc) is 1.89. The molecule has 0 bridgehead atoms. The lowest BCUT2D eigenvalue weighted by Crippen LogP contribution is -2.17. The maximum absolute atomic E-state index is 6.36. The van der Waals surface area contributed by atoms with Gasteiger partial charge in [0.1, 0.15) is 33.5 Å². The minimum Gasteiger partial charge on any atom is -0.455 e. The smallest absolute Gasteiger partial charge is 0.160 e. The number of nitrogens with zero attached hydrogens (tertiary/aromatic N) is 6. The van der Waals surface area contributed by atoms with Gasteiger partial charge < -0.3 is 13.3 Å². The van der Waals surface area contributed by atoms with E-state index in [1.54, 1.807) is 0 Å². The highest BCUT2D eigenvalue weighted by atomic mass is 16.3. The first kappa shape index (κ1) is 78.8. The van der Waals surface area contributed by atoms with Gasteiger partial charge in [-0.25, -0.2) is 29.9 Å². The van der Waals surface area contributed by atoms with Gasteiger partial charge in [0, 0.05) is 132 Å². The number of fused-ring (bicyclic) bond motifs is 18. The minimum absolute atomic E-state index is 0.213. The highest BCUT2D eigenvalue weighted by molar-refractivity contribution is 6.12. The number of para-hydroxylation sites is 6. The molecular formula is C123H86N6O3. The van der Waals surface area contributed by atoms with E-state index in [9.17, 15) is 0 Å². The third kappa shape index (κ3) is 13.2. The number of hydrogen-bond donors (Lipinski definition) is 0. The summed E-state index contributed by atoms with van der Waals surface area (Å²) >= 11 is 0. The van der Waals surface area contributed by atoms with Crippen LogP contribution >= 0.6 is 0 Å². The summed E-state index contributed by atoms with van der Waals surface area (Å²) in [6.07, 6.45) is 0. The molecule has 3 aliphatic rings. The SMILES string of the molecule is CC1(C)c2ccccc2-c2nc(-c3ccc(-c4ccccc4)cc3)nc(-c3ccc(-c4cccc5c4oc4ccccc45)cc3)c21.CC1(C)c2ccccc2-c2nc(-c3cccc(-c4ccccc4)c3)nc(-c3ccc(-c4cccc5c4oc4ccccc45)cc3)c21.CC1(C)c2ccccc2-c2nc(-c3ccccc3)nc(-c3ccc(-c4cccc5c4oc4ccccc45)cc3)c21. The molecule has 626 valence electrons. The summed E-state index contributed by atoms with van der Waals surface area (Å²) in [5.41, 5.74) is 39.2. The van der Waals surface area contributed by atoms with Crippen LogP contribution in [0, 0.1) is 0 Å². The van der Waals surface area contributed by atoms with E-state index in [2.05, 4.69) is 387 Å². The summed E-state index contributed by atoms with van der Waals surface area (Å²) in [5, 5.41) is 6.82. The third-order valence-corrected chi connectivity index (χ3v) is 27.3. The lowest BCUT2D eigenvalue weighted by atomic mass is 9.80.